The standard InChI is InChI=1S/C14H16F3NO3/c15-8-6-7(11(16)13(20)12(8)17)14(21)18-9-4-2-1-3-5-10(9)19/h6,9-10,19-20H,1-5H2,(H,18,21). The van der Waals surface area contributed by atoms with Crippen LogP contribution in [0.5, 0.6) is 5.75 Å². The molecule has 2 atom stereocenters. The maximum Gasteiger partial charge on any atom is 0.254 e. The van der Waals surface area contributed by atoms with Crippen molar-refractivity contribution in [2.24, 2.45) is 0 Å². The van der Waals surface area contributed by atoms with Gasteiger partial charge in [0.1, 0.15) is 0 Å². The van der Waals surface area contributed by atoms with Gasteiger partial charge in [0, 0.05) is 0 Å². The molecule has 0 aliphatic heterocycles. The minimum atomic E-state index is -1.74. The zero-order valence-electron chi connectivity index (χ0n) is 11.2. The zero-order chi connectivity index (χ0) is 15.6. The third kappa shape index (κ3) is 3.29. The lowest BCUT2D eigenvalue weighted by Gasteiger charge is -2.22. The molecular weight excluding hydrogens is 287 g/mol. The molecule has 1 aliphatic rings. The van der Waals surface area contributed by atoms with Crippen LogP contribution in [0.3, 0.4) is 0 Å². The molecule has 116 valence electrons. The molecule has 4 nitrogen and oxygen atoms in total. The fourth-order valence-electron chi connectivity index (χ4n) is 2.46. The van der Waals surface area contributed by atoms with Crippen LogP contribution in [0, 0.1) is 17.5 Å². The third-order valence-electron chi connectivity index (χ3n) is 3.67. The van der Waals surface area contributed by atoms with Gasteiger partial charge in [-0.15, -0.1) is 0 Å². The van der Waals surface area contributed by atoms with E-state index in [1.807, 2.05) is 0 Å². The minimum absolute atomic E-state index is 0.392. The van der Waals surface area contributed by atoms with Gasteiger partial charge in [-0.05, 0) is 18.9 Å². The number of benzene rings is 1. The number of amides is 1. The molecule has 1 amide bonds. The molecule has 0 heterocycles. The summed E-state index contributed by atoms with van der Waals surface area (Å²) in [6, 6.07) is -0.183. The zero-order valence-corrected chi connectivity index (χ0v) is 11.2. The molecular formula is C14H16F3NO3. The van der Waals surface area contributed by atoms with Gasteiger partial charge in [0.05, 0.1) is 17.7 Å². The maximum atomic E-state index is 13.6. The summed E-state index contributed by atoms with van der Waals surface area (Å²) in [5.74, 6) is -7.29. The highest BCUT2D eigenvalue weighted by molar-refractivity contribution is 5.95. The van der Waals surface area contributed by atoms with Crippen LogP contribution < -0.4 is 5.32 Å². The van der Waals surface area contributed by atoms with Crippen molar-refractivity contribution in [1.29, 1.82) is 0 Å². The van der Waals surface area contributed by atoms with Gasteiger partial charge in [-0.1, -0.05) is 19.3 Å². The number of aliphatic hydroxyl groups excluding tert-OH is 1. The molecule has 0 spiro atoms. The molecule has 1 aliphatic carbocycles. The number of hydrogen-bond donors (Lipinski definition) is 3. The van der Waals surface area contributed by atoms with Gasteiger partial charge in [0.15, 0.2) is 17.4 Å². The Balaban J connectivity index is 2.20. The summed E-state index contributed by atoms with van der Waals surface area (Å²) in [5.41, 5.74) is -0.789. The van der Waals surface area contributed by atoms with Crippen LogP contribution in [-0.2, 0) is 0 Å². The van der Waals surface area contributed by atoms with Gasteiger partial charge in [-0.3, -0.25) is 4.79 Å². The first kappa shape index (κ1) is 15.6. The second-order valence-electron chi connectivity index (χ2n) is 5.17. The number of carbonyl (C=O) groups is 1. The largest absolute Gasteiger partial charge is 0.503 e. The number of phenolic OH excluding ortho intramolecular Hbond substituents is 1. The van der Waals surface area contributed by atoms with Gasteiger partial charge in [-0.25, -0.2) is 8.78 Å². The highest BCUT2D eigenvalue weighted by Gasteiger charge is 2.27. The Hall–Kier alpha value is -1.76. The quantitative estimate of drug-likeness (QED) is 0.579. The Morgan fingerprint density at radius 3 is 2.52 bits per heavy atom. The van der Waals surface area contributed by atoms with Crippen molar-refractivity contribution < 1.29 is 28.2 Å². The van der Waals surface area contributed by atoms with E-state index in [1.54, 1.807) is 0 Å². The molecule has 0 saturated heterocycles. The van der Waals surface area contributed by atoms with Gasteiger partial charge in [0.2, 0.25) is 5.82 Å². The highest BCUT2D eigenvalue weighted by Crippen LogP contribution is 2.26. The first-order chi connectivity index (χ1) is 9.91. The average Bonchev–Trinajstić information content (AvgIpc) is 2.65. The summed E-state index contributed by atoms with van der Waals surface area (Å²) in [5, 5.41) is 21.4. The lowest BCUT2D eigenvalue weighted by Crippen LogP contribution is -2.43. The fraction of sp³-hybridized carbons (Fsp3) is 0.500. The maximum absolute atomic E-state index is 13.6. The van der Waals surface area contributed by atoms with Crippen LogP contribution >= 0.6 is 0 Å². The summed E-state index contributed by atoms with van der Waals surface area (Å²) in [4.78, 5) is 11.9. The summed E-state index contributed by atoms with van der Waals surface area (Å²) in [6.07, 6.45) is 2.81. The summed E-state index contributed by atoms with van der Waals surface area (Å²) in [7, 11) is 0. The number of hydrogen-bond acceptors (Lipinski definition) is 3. The minimum Gasteiger partial charge on any atom is -0.503 e. The summed E-state index contributed by atoms with van der Waals surface area (Å²) >= 11 is 0. The van der Waals surface area contributed by atoms with E-state index in [-0.39, 0.29) is 0 Å². The second kappa shape index (κ2) is 6.34. The molecule has 1 aromatic carbocycles. The van der Waals surface area contributed by atoms with Crippen LogP contribution in [0.25, 0.3) is 0 Å². The predicted molar refractivity (Wildman–Crippen MR) is 68.3 cm³/mol. The molecule has 3 N–H and O–H groups in total. The van der Waals surface area contributed by atoms with Crippen LogP contribution in [-0.4, -0.2) is 28.3 Å². The van der Waals surface area contributed by atoms with Gasteiger partial charge >= 0.3 is 0 Å². The van der Waals surface area contributed by atoms with Crippen LogP contribution in [0.4, 0.5) is 13.2 Å². The van der Waals surface area contributed by atoms with Gasteiger partial charge in [-0.2, -0.15) is 4.39 Å². The lowest BCUT2D eigenvalue weighted by atomic mass is 10.0. The molecule has 2 rings (SSSR count). The number of halogens is 3. The summed E-state index contributed by atoms with van der Waals surface area (Å²) < 4.78 is 39.8. The van der Waals surface area contributed by atoms with E-state index < -0.39 is 46.8 Å². The molecule has 21 heavy (non-hydrogen) atoms. The lowest BCUT2D eigenvalue weighted by molar-refractivity contribution is 0.0813. The Morgan fingerprint density at radius 2 is 1.81 bits per heavy atom. The van der Waals surface area contributed by atoms with Crippen molar-refractivity contribution in [1.82, 2.24) is 5.32 Å². The van der Waals surface area contributed by atoms with Crippen LogP contribution in [0.2, 0.25) is 0 Å². The molecule has 7 heteroatoms. The van der Waals surface area contributed by atoms with Gasteiger partial charge < -0.3 is 15.5 Å². The van der Waals surface area contributed by atoms with Gasteiger partial charge in [0.25, 0.3) is 5.91 Å². The van der Waals surface area contributed by atoms with Crippen LogP contribution in [0.1, 0.15) is 42.5 Å². The second-order valence-corrected chi connectivity index (χ2v) is 5.17. The van der Waals surface area contributed by atoms with Crippen molar-refractivity contribution in [3.63, 3.8) is 0 Å². The first-order valence-corrected chi connectivity index (χ1v) is 6.77. The SMILES string of the molecule is O=C(NC1CCCCCC1O)c1cc(F)c(F)c(O)c1F. The van der Waals surface area contributed by atoms with Crippen molar-refractivity contribution in [3.05, 3.63) is 29.1 Å². The van der Waals surface area contributed by atoms with E-state index in [2.05, 4.69) is 5.32 Å². The van der Waals surface area contributed by atoms with Crippen molar-refractivity contribution in [2.75, 3.05) is 0 Å². The number of carbonyl (C=O) groups excluding carboxylic acids is 1. The van der Waals surface area contributed by atoms with Crippen LogP contribution in [0.15, 0.2) is 6.07 Å². The van der Waals surface area contributed by atoms with E-state index in [0.29, 0.717) is 18.9 Å². The third-order valence-corrected chi connectivity index (χ3v) is 3.67. The van der Waals surface area contributed by atoms with E-state index in [4.69, 9.17) is 5.11 Å². The Labute approximate surface area is 119 Å². The highest BCUT2D eigenvalue weighted by atomic mass is 19.2. The van der Waals surface area contributed by atoms with E-state index >= 15 is 0 Å². The smallest absolute Gasteiger partial charge is 0.254 e. The molecule has 1 aromatic rings. The molecule has 1 fully saturated rings. The van der Waals surface area contributed by atoms with Crippen molar-refractivity contribution >= 4 is 5.91 Å². The molecule has 0 bridgehead atoms. The number of aliphatic hydroxyl groups is 1. The van der Waals surface area contributed by atoms with E-state index in [9.17, 15) is 23.1 Å². The normalized spacial score (nSPS) is 22.7. The number of phenols is 1. The molecule has 0 aromatic heterocycles. The Bertz CT molecular complexity index is 551. The average molecular weight is 303 g/mol. The number of aromatic hydroxyl groups is 1. The molecule has 0 radical (unpaired) electrons. The first-order valence-electron chi connectivity index (χ1n) is 6.77. The van der Waals surface area contributed by atoms with E-state index in [0.717, 1.165) is 19.3 Å². The Kier molecular flexibility index (Phi) is 4.72. The fourth-order valence-corrected chi connectivity index (χ4v) is 2.46. The van der Waals surface area contributed by atoms with E-state index in [1.165, 1.54) is 0 Å². The van der Waals surface area contributed by atoms with Crippen molar-refractivity contribution in [2.45, 2.75) is 44.2 Å². The molecule has 2 unspecified atom stereocenters. The Morgan fingerprint density at radius 1 is 1.14 bits per heavy atom. The number of rotatable bonds is 2. The summed E-state index contributed by atoms with van der Waals surface area (Å²) in [6.45, 7) is 0. The van der Waals surface area contributed by atoms with Crippen molar-refractivity contribution in [3.8, 4) is 5.75 Å². The number of nitrogens with one attached hydrogen (secondary N) is 1. The predicted octanol–water partition coefficient (Wildman–Crippen LogP) is 2.23. The molecule has 1 saturated carbocycles. The topological polar surface area (TPSA) is 69.6 Å². The monoisotopic (exact) mass is 303 g/mol.